The molecular formula is C22H24N6O2. The molecule has 0 unspecified atom stereocenters. The first kappa shape index (κ1) is 18.6. The molecule has 1 saturated carbocycles. The molecule has 0 saturated heterocycles. The van der Waals surface area contributed by atoms with Crippen molar-refractivity contribution >= 4 is 22.7 Å². The lowest BCUT2D eigenvalue weighted by Gasteiger charge is -2.18. The fourth-order valence-corrected chi connectivity index (χ4v) is 3.92. The summed E-state index contributed by atoms with van der Waals surface area (Å²) in [6.45, 7) is 0. The number of fused-ring (bicyclic) bond motifs is 1. The first-order valence-electron chi connectivity index (χ1n) is 10.1. The van der Waals surface area contributed by atoms with Crippen LogP contribution in [-0.4, -0.2) is 41.9 Å². The summed E-state index contributed by atoms with van der Waals surface area (Å²) in [5.74, 6) is 2.12. The van der Waals surface area contributed by atoms with Gasteiger partial charge in [0.2, 0.25) is 0 Å². The molecule has 8 heteroatoms. The van der Waals surface area contributed by atoms with Crippen molar-refractivity contribution in [3.8, 4) is 17.0 Å². The highest BCUT2D eigenvalue weighted by Gasteiger charge is 2.28. The van der Waals surface area contributed by atoms with Crippen LogP contribution in [0.1, 0.15) is 19.3 Å². The summed E-state index contributed by atoms with van der Waals surface area (Å²) in [6, 6.07) is 13.9. The Kier molecular flexibility index (Phi) is 4.63. The van der Waals surface area contributed by atoms with Crippen molar-refractivity contribution in [3.63, 3.8) is 0 Å². The van der Waals surface area contributed by atoms with Gasteiger partial charge in [0, 0.05) is 31.8 Å². The fourth-order valence-electron chi connectivity index (χ4n) is 3.92. The van der Waals surface area contributed by atoms with Gasteiger partial charge in [-0.2, -0.15) is 10.2 Å². The van der Waals surface area contributed by atoms with Gasteiger partial charge >= 0.3 is 0 Å². The summed E-state index contributed by atoms with van der Waals surface area (Å²) in [6.07, 6.45) is 3.69. The van der Waals surface area contributed by atoms with Crippen molar-refractivity contribution < 1.29 is 9.84 Å². The normalized spacial score (nSPS) is 18.8. The molecule has 1 fully saturated rings. The zero-order chi connectivity index (χ0) is 20.7. The number of rotatable bonds is 5. The number of aliphatic hydroxyl groups is 1. The Morgan fingerprint density at radius 2 is 1.93 bits per heavy atom. The second-order valence-corrected chi connectivity index (χ2v) is 7.70. The summed E-state index contributed by atoms with van der Waals surface area (Å²) in [5.41, 5.74) is 2.65. The molecule has 154 valence electrons. The number of pyridine rings is 1. The molecule has 0 spiro atoms. The number of nitrogens with zero attached hydrogens (tertiary/aromatic N) is 5. The van der Waals surface area contributed by atoms with Crippen molar-refractivity contribution in [2.75, 3.05) is 5.32 Å². The monoisotopic (exact) mass is 404 g/mol. The Labute approximate surface area is 174 Å². The van der Waals surface area contributed by atoms with Crippen molar-refractivity contribution in [1.82, 2.24) is 24.5 Å². The van der Waals surface area contributed by atoms with E-state index in [4.69, 9.17) is 9.72 Å². The molecule has 3 heterocycles. The number of hydrogen-bond donors (Lipinski definition) is 2. The standard InChI is InChI=1S/C22H24N6O2/c1-27-21(11-16(26-27)14-7-4-3-5-8-14)24-20-12-19(30-18-10-6-9-17(18)29)15-13-23-28(2)22(15)25-20/h3-5,7-8,11-13,17-18,29H,6,9-10H2,1-2H3,(H,24,25)/t17-,18+/m0/s1. The average molecular weight is 404 g/mol. The molecule has 0 amide bonds. The van der Waals surface area contributed by atoms with Gasteiger partial charge in [-0.3, -0.25) is 9.36 Å². The van der Waals surface area contributed by atoms with Gasteiger partial charge in [-0.25, -0.2) is 4.98 Å². The van der Waals surface area contributed by atoms with E-state index in [1.807, 2.05) is 56.6 Å². The van der Waals surface area contributed by atoms with Gasteiger partial charge in [-0.05, 0) is 19.3 Å². The molecule has 3 aromatic heterocycles. The minimum Gasteiger partial charge on any atom is -0.487 e. The van der Waals surface area contributed by atoms with Gasteiger partial charge in [0.05, 0.1) is 23.4 Å². The molecule has 8 nitrogen and oxygen atoms in total. The van der Waals surface area contributed by atoms with Gasteiger partial charge in [-0.15, -0.1) is 0 Å². The highest BCUT2D eigenvalue weighted by Crippen LogP contribution is 2.33. The Morgan fingerprint density at radius 1 is 1.10 bits per heavy atom. The molecule has 2 N–H and O–H groups in total. The highest BCUT2D eigenvalue weighted by molar-refractivity contribution is 5.84. The predicted octanol–water partition coefficient (Wildman–Crippen LogP) is 3.40. The van der Waals surface area contributed by atoms with E-state index < -0.39 is 6.10 Å². The number of aryl methyl sites for hydroxylation is 2. The van der Waals surface area contributed by atoms with E-state index >= 15 is 0 Å². The molecule has 1 aliphatic carbocycles. The third kappa shape index (κ3) is 3.39. The van der Waals surface area contributed by atoms with Crippen LogP contribution in [0.4, 0.5) is 11.6 Å². The molecule has 1 aromatic carbocycles. The maximum absolute atomic E-state index is 10.2. The average Bonchev–Trinajstić information content (AvgIpc) is 3.43. The zero-order valence-electron chi connectivity index (χ0n) is 17.0. The molecular weight excluding hydrogens is 380 g/mol. The third-order valence-electron chi connectivity index (χ3n) is 5.57. The van der Waals surface area contributed by atoms with Crippen LogP contribution < -0.4 is 10.1 Å². The summed E-state index contributed by atoms with van der Waals surface area (Å²) in [7, 11) is 3.74. The first-order valence-corrected chi connectivity index (χ1v) is 10.1. The van der Waals surface area contributed by atoms with E-state index in [0.29, 0.717) is 17.2 Å². The first-order chi connectivity index (χ1) is 14.6. The van der Waals surface area contributed by atoms with Gasteiger partial charge in [-0.1, -0.05) is 30.3 Å². The SMILES string of the molecule is Cn1nc(-c2ccccc2)cc1Nc1cc(O[C@@H]2CCC[C@@H]2O)c2cnn(C)c2n1. The molecule has 4 aromatic rings. The van der Waals surface area contributed by atoms with Gasteiger partial charge in [0.15, 0.2) is 5.65 Å². The van der Waals surface area contributed by atoms with Crippen LogP contribution in [0.3, 0.4) is 0 Å². The van der Waals surface area contributed by atoms with Gasteiger partial charge in [0.25, 0.3) is 0 Å². The van der Waals surface area contributed by atoms with E-state index in [9.17, 15) is 5.11 Å². The molecule has 1 aliphatic rings. The molecule has 0 bridgehead atoms. The lowest BCUT2D eigenvalue weighted by atomic mass is 10.1. The van der Waals surface area contributed by atoms with Crippen molar-refractivity contribution in [2.24, 2.45) is 14.1 Å². The van der Waals surface area contributed by atoms with Gasteiger partial charge in [0.1, 0.15) is 23.5 Å². The third-order valence-corrected chi connectivity index (χ3v) is 5.57. The van der Waals surface area contributed by atoms with Crippen LogP contribution in [0, 0.1) is 0 Å². The minimum absolute atomic E-state index is 0.204. The second kappa shape index (κ2) is 7.46. The highest BCUT2D eigenvalue weighted by atomic mass is 16.5. The van der Waals surface area contributed by atoms with Crippen LogP contribution >= 0.6 is 0 Å². The van der Waals surface area contributed by atoms with Crippen LogP contribution in [0.15, 0.2) is 48.7 Å². The summed E-state index contributed by atoms with van der Waals surface area (Å²) >= 11 is 0. The number of anilines is 2. The maximum atomic E-state index is 10.2. The molecule has 30 heavy (non-hydrogen) atoms. The molecule has 0 radical (unpaired) electrons. The Hall–Kier alpha value is -3.39. The maximum Gasteiger partial charge on any atom is 0.163 e. The van der Waals surface area contributed by atoms with E-state index in [0.717, 1.165) is 41.7 Å². The molecule has 0 aliphatic heterocycles. The number of aromatic nitrogens is 5. The van der Waals surface area contributed by atoms with Crippen molar-refractivity contribution in [1.29, 1.82) is 0 Å². The minimum atomic E-state index is -0.438. The van der Waals surface area contributed by atoms with Crippen LogP contribution in [-0.2, 0) is 14.1 Å². The largest absolute Gasteiger partial charge is 0.487 e. The predicted molar refractivity (Wildman–Crippen MR) is 115 cm³/mol. The number of ether oxygens (including phenoxy) is 1. The number of nitrogens with one attached hydrogen (secondary N) is 1. The zero-order valence-corrected chi connectivity index (χ0v) is 17.0. The Balaban J connectivity index is 1.49. The fraction of sp³-hybridized carbons (Fsp3) is 0.318. The van der Waals surface area contributed by atoms with Crippen molar-refractivity contribution in [2.45, 2.75) is 31.5 Å². The number of benzene rings is 1. The second-order valence-electron chi connectivity index (χ2n) is 7.70. The summed E-state index contributed by atoms with van der Waals surface area (Å²) in [4.78, 5) is 4.71. The van der Waals surface area contributed by atoms with Crippen LogP contribution in [0.2, 0.25) is 0 Å². The molecule has 2 atom stereocenters. The van der Waals surface area contributed by atoms with Gasteiger partial charge < -0.3 is 15.2 Å². The van der Waals surface area contributed by atoms with E-state index in [2.05, 4.69) is 15.5 Å². The van der Waals surface area contributed by atoms with E-state index in [1.54, 1.807) is 15.6 Å². The lowest BCUT2D eigenvalue weighted by Crippen LogP contribution is -2.25. The quantitative estimate of drug-likeness (QED) is 0.530. The smallest absolute Gasteiger partial charge is 0.163 e. The van der Waals surface area contributed by atoms with Crippen LogP contribution in [0.5, 0.6) is 5.75 Å². The number of aliphatic hydroxyl groups excluding tert-OH is 1. The lowest BCUT2D eigenvalue weighted by molar-refractivity contribution is 0.0614. The van der Waals surface area contributed by atoms with Crippen LogP contribution in [0.25, 0.3) is 22.3 Å². The summed E-state index contributed by atoms with van der Waals surface area (Å²) in [5, 5.41) is 23.3. The van der Waals surface area contributed by atoms with E-state index in [1.165, 1.54) is 0 Å². The van der Waals surface area contributed by atoms with E-state index in [-0.39, 0.29) is 6.10 Å². The molecule has 5 rings (SSSR count). The van der Waals surface area contributed by atoms with Crippen molar-refractivity contribution in [3.05, 3.63) is 48.7 Å². The summed E-state index contributed by atoms with van der Waals surface area (Å²) < 4.78 is 9.70. The topological polar surface area (TPSA) is 90.0 Å². The Bertz CT molecular complexity index is 1180. The number of hydrogen-bond acceptors (Lipinski definition) is 6. The Morgan fingerprint density at radius 3 is 2.70 bits per heavy atom.